The molecular formula is C26H42F2O2S. The molecule has 5 fully saturated rings. The Morgan fingerprint density at radius 3 is 1.55 bits per heavy atom. The molecular weight excluding hydrogens is 414 g/mol. The summed E-state index contributed by atoms with van der Waals surface area (Å²) in [6, 6.07) is 0. The van der Waals surface area contributed by atoms with Gasteiger partial charge in [0.1, 0.15) is 12.3 Å². The zero-order chi connectivity index (χ0) is 21.4. The first-order valence-electron chi connectivity index (χ1n) is 13.3. The number of hydrogen-bond donors (Lipinski definition) is 0. The molecule has 0 N–H and O–H groups in total. The molecule has 1 aliphatic heterocycles. The predicted molar refractivity (Wildman–Crippen MR) is 123 cm³/mol. The maximum Gasteiger partial charge on any atom is 0.138 e. The van der Waals surface area contributed by atoms with Crippen molar-refractivity contribution in [1.29, 1.82) is 0 Å². The second kappa shape index (κ2) is 10.2. The summed E-state index contributed by atoms with van der Waals surface area (Å²) in [5.74, 6) is 2.83. The van der Waals surface area contributed by atoms with Gasteiger partial charge in [0.15, 0.2) is 0 Å². The number of alkyl halides is 2. The number of rotatable bonds is 8. The van der Waals surface area contributed by atoms with Crippen LogP contribution in [0.5, 0.6) is 0 Å². The van der Waals surface area contributed by atoms with E-state index in [1.165, 1.54) is 51.4 Å². The molecule has 4 aliphatic carbocycles. The predicted octanol–water partition coefficient (Wildman–Crippen LogP) is 6.75. The maximum atomic E-state index is 15.5. The van der Waals surface area contributed by atoms with E-state index in [1.807, 2.05) is 0 Å². The normalized spacial score (nSPS) is 47.7. The molecule has 8 unspecified atom stereocenters. The Balaban J connectivity index is 1.10. The Kier molecular flexibility index (Phi) is 7.52. The third kappa shape index (κ3) is 5.14. The van der Waals surface area contributed by atoms with Crippen molar-refractivity contribution in [2.45, 2.75) is 119 Å². The Morgan fingerprint density at radius 1 is 0.645 bits per heavy atom. The summed E-state index contributed by atoms with van der Waals surface area (Å²) in [7, 11) is 0. The highest BCUT2D eigenvalue weighted by Crippen LogP contribution is 2.56. The van der Waals surface area contributed by atoms with E-state index in [2.05, 4.69) is 6.92 Å². The largest absolute Gasteiger partial charge is 0.375 e. The quantitative estimate of drug-likeness (QED) is 0.402. The highest BCUT2D eigenvalue weighted by Gasteiger charge is 2.56. The van der Waals surface area contributed by atoms with E-state index in [0.717, 1.165) is 44.8 Å². The number of fused-ring (bicyclic) bond motifs is 3. The van der Waals surface area contributed by atoms with Gasteiger partial charge >= 0.3 is 0 Å². The third-order valence-corrected chi connectivity index (χ3v) is 10.9. The lowest BCUT2D eigenvalue weighted by atomic mass is 9.71. The van der Waals surface area contributed by atoms with Crippen molar-refractivity contribution in [3.8, 4) is 0 Å². The third-order valence-electron chi connectivity index (χ3n) is 9.07. The van der Waals surface area contributed by atoms with Gasteiger partial charge in [-0.25, -0.2) is 8.78 Å². The molecule has 0 bridgehead atoms. The van der Waals surface area contributed by atoms with Gasteiger partial charge in [0.2, 0.25) is 0 Å². The van der Waals surface area contributed by atoms with E-state index < -0.39 is 12.3 Å². The van der Waals surface area contributed by atoms with Gasteiger partial charge in [-0.1, -0.05) is 32.6 Å². The first-order valence-corrected chi connectivity index (χ1v) is 14.2. The molecule has 178 valence electrons. The SMILES string of the molecule is CCCC1CCC(COC2CCC3C4CCC(OCC5CC5)C(F)C4SC3C2F)CC1. The average molecular weight is 457 g/mol. The molecule has 0 radical (unpaired) electrons. The zero-order valence-corrected chi connectivity index (χ0v) is 20.0. The Labute approximate surface area is 192 Å². The van der Waals surface area contributed by atoms with Gasteiger partial charge in [-0.15, -0.1) is 11.8 Å². The first-order chi connectivity index (χ1) is 15.1. The second-order valence-electron chi connectivity index (χ2n) is 11.3. The summed E-state index contributed by atoms with van der Waals surface area (Å²) >= 11 is 1.61. The Morgan fingerprint density at radius 2 is 1.10 bits per heavy atom. The fourth-order valence-electron chi connectivity index (χ4n) is 6.95. The van der Waals surface area contributed by atoms with Crippen LogP contribution in [0.3, 0.4) is 0 Å². The Hall–Kier alpha value is 0.130. The fraction of sp³-hybridized carbons (Fsp3) is 1.00. The monoisotopic (exact) mass is 456 g/mol. The summed E-state index contributed by atoms with van der Waals surface area (Å²) in [4.78, 5) is 0. The highest BCUT2D eigenvalue weighted by atomic mass is 32.2. The van der Waals surface area contributed by atoms with E-state index in [0.29, 0.717) is 23.7 Å². The summed E-state index contributed by atoms with van der Waals surface area (Å²) in [6.45, 7) is 3.72. The number of halogens is 2. The van der Waals surface area contributed by atoms with Gasteiger partial charge in [-0.2, -0.15) is 0 Å². The molecule has 0 aromatic heterocycles. The minimum atomic E-state index is -0.941. The molecule has 1 heterocycles. The van der Waals surface area contributed by atoms with Crippen LogP contribution < -0.4 is 0 Å². The zero-order valence-electron chi connectivity index (χ0n) is 19.2. The first kappa shape index (κ1) is 22.9. The standard InChI is InChI=1S/C26H42F2O2S/c1-2-3-16-4-6-17(7-5-16)14-29-21-12-10-19-20-11-13-22(30-15-18-8-9-18)24(28)26(20)31-25(19)23(21)27/h16-26H,2-15H2,1H3. The van der Waals surface area contributed by atoms with Crippen LogP contribution in [0.4, 0.5) is 8.78 Å². The van der Waals surface area contributed by atoms with Crippen molar-refractivity contribution in [3.63, 3.8) is 0 Å². The molecule has 4 saturated carbocycles. The van der Waals surface area contributed by atoms with E-state index in [9.17, 15) is 0 Å². The maximum absolute atomic E-state index is 15.5. The summed E-state index contributed by atoms with van der Waals surface area (Å²) in [6.07, 6.45) is 11.5. The van der Waals surface area contributed by atoms with E-state index >= 15 is 8.78 Å². The molecule has 5 aliphatic rings. The van der Waals surface area contributed by atoms with Crippen LogP contribution in [0.15, 0.2) is 0 Å². The van der Waals surface area contributed by atoms with Crippen LogP contribution in [0.25, 0.3) is 0 Å². The molecule has 5 heteroatoms. The lowest BCUT2D eigenvalue weighted by Gasteiger charge is -2.39. The fourth-order valence-corrected chi connectivity index (χ4v) is 9.05. The van der Waals surface area contributed by atoms with Crippen molar-refractivity contribution in [2.24, 2.45) is 29.6 Å². The topological polar surface area (TPSA) is 18.5 Å². The van der Waals surface area contributed by atoms with E-state index in [4.69, 9.17) is 9.47 Å². The molecule has 2 nitrogen and oxygen atoms in total. The molecule has 8 atom stereocenters. The van der Waals surface area contributed by atoms with Gasteiger partial charge in [0.25, 0.3) is 0 Å². The number of hydrogen-bond acceptors (Lipinski definition) is 3. The smallest absolute Gasteiger partial charge is 0.138 e. The molecule has 0 aromatic carbocycles. The van der Waals surface area contributed by atoms with Crippen LogP contribution in [0.1, 0.15) is 84.0 Å². The molecule has 0 amide bonds. The van der Waals surface area contributed by atoms with Crippen LogP contribution >= 0.6 is 11.8 Å². The highest BCUT2D eigenvalue weighted by molar-refractivity contribution is 8.00. The van der Waals surface area contributed by atoms with Crippen LogP contribution in [0, 0.1) is 29.6 Å². The lowest BCUT2D eigenvalue weighted by Crippen LogP contribution is -2.45. The van der Waals surface area contributed by atoms with E-state index in [-0.39, 0.29) is 22.7 Å². The molecule has 1 saturated heterocycles. The summed E-state index contributed by atoms with van der Waals surface area (Å²) in [5.41, 5.74) is 0. The van der Waals surface area contributed by atoms with Gasteiger partial charge in [0, 0.05) is 23.7 Å². The summed E-state index contributed by atoms with van der Waals surface area (Å²) in [5, 5.41) is -0.145. The van der Waals surface area contributed by atoms with Crippen molar-refractivity contribution < 1.29 is 18.3 Å². The van der Waals surface area contributed by atoms with Crippen LogP contribution in [-0.4, -0.2) is 48.3 Å². The van der Waals surface area contributed by atoms with E-state index in [1.54, 1.807) is 11.8 Å². The molecule has 0 spiro atoms. The Bertz CT molecular complexity index is 580. The lowest BCUT2D eigenvalue weighted by molar-refractivity contribution is -0.0646. The minimum absolute atomic E-state index is 0.0706. The van der Waals surface area contributed by atoms with Gasteiger partial charge < -0.3 is 9.47 Å². The van der Waals surface area contributed by atoms with Crippen molar-refractivity contribution in [1.82, 2.24) is 0 Å². The minimum Gasteiger partial charge on any atom is -0.375 e. The molecule has 31 heavy (non-hydrogen) atoms. The summed E-state index contributed by atoms with van der Waals surface area (Å²) < 4.78 is 43.0. The number of ether oxygens (including phenoxy) is 2. The number of thioether (sulfide) groups is 1. The van der Waals surface area contributed by atoms with Gasteiger partial charge in [-0.3, -0.25) is 0 Å². The molecule has 0 aromatic rings. The van der Waals surface area contributed by atoms with Crippen LogP contribution in [0.2, 0.25) is 0 Å². The van der Waals surface area contributed by atoms with Crippen molar-refractivity contribution in [2.75, 3.05) is 13.2 Å². The van der Waals surface area contributed by atoms with Crippen LogP contribution in [-0.2, 0) is 9.47 Å². The molecule has 5 rings (SSSR count). The van der Waals surface area contributed by atoms with Gasteiger partial charge in [-0.05, 0) is 81.0 Å². The van der Waals surface area contributed by atoms with Gasteiger partial charge in [0.05, 0.1) is 12.2 Å². The van der Waals surface area contributed by atoms with Crippen molar-refractivity contribution >= 4 is 11.8 Å². The second-order valence-corrected chi connectivity index (χ2v) is 12.7. The average Bonchev–Trinajstić information content (AvgIpc) is 3.53. The van der Waals surface area contributed by atoms with Crippen molar-refractivity contribution in [3.05, 3.63) is 0 Å².